The van der Waals surface area contributed by atoms with Gasteiger partial charge in [-0.15, -0.1) is 11.3 Å². The van der Waals surface area contributed by atoms with Gasteiger partial charge in [0.1, 0.15) is 11.8 Å². The summed E-state index contributed by atoms with van der Waals surface area (Å²) in [7, 11) is -3.74. The third-order valence-electron chi connectivity index (χ3n) is 5.35. The third kappa shape index (κ3) is 5.08. The zero-order valence-corrected chi connectivity index (χ0v) is 19.2. The molecule has 1 aromatic heterocycles. The van der Waals surface area contributed by atoms with Crippen molar-refractivity contribution in [1.29, 1.82) is 0 Å². The number of hydrogen-bond donors (Lipinski definition) is 2. The Morgan fingerprint density at radius 1 is 1.26 bits per heavy atom. The first kappa shape index (κ1) is 23.2. The van der Waals surface area contributed by atoms with Gasteiger partial charge in [0.2, 0.25) is 21.8 Å². The van der Waals surface area contributed by atoms with E-state index in [1.807, 2.05) is 17.5 Å². The van der Waals surface area contributed by atoms with Gasteiger partial charge < -0.3 is 15.3 Å². The van der Waals surface area contributed by atoms with Crippen molar-refractivity contribution in [3.05, 3.63) is 40.6 Å². The Labute approximate surface area is 186 Å². The maximum atomic E-state index is 12.9. The van der Waals surface area contributed by atoms with E-state index >= 15 is 0 Å². The van der Waals surface area contributed by atoms with Crippen LogP contribution >= 0.6 is 11.3 Å². The van der Waals surface area contributed by atoms with Crippen LogP contribution in [0.2, 0.25) is 0 Å². The maximum Gasteiger partial charge on any atom is 0.247 e. The fraction of sp³-hybridized carbons (Fsp3) is 0.429. The normalized spacial score (nSPS) is 16.6. The second-order valence-electron chi connectivity index (χ2n) is 7.26. The van der Waals surface area contributed by atoms with E-state index in [0.717, 1.165) is 4.88 Å². The molecule has 10 heteroatoms. The van der Waals surface area contributed by atoms with E-state index in [0.29, 0.717) is 32.5 Å². The van der Waals surface area contributed by atoms with Crippen molar-refractivity contribution in [3.8, 4) is 5.75 Å². The molecule has 1 saturated heterocycles. The number of carbonyl (C=O) groups excluding carboxylic acids is 2. The number of hydrogen-bond acceptors (Lipinski definition) is 6. The van der Waals surface area contributed by atoms with Crippen molar-refractivity contribution in [1.82, 2.24) is 9.21 Å². The van der Waals surface area contributed by atoms with Gasteiger partial charge in [0, 0.05) is 24.5 Å². The molecule has 31 heavy (non-hydrogen) atoms. The molecule has 2 N–H and O–H groups in total. The van der Waals surface area contributed by atoms with Crippen LogP contribution in [-0.4, -0.2) is 60.2 Å². The standard InChI is InChI=1S/C21H27N3O5S2/c1-3-23(4-2)31(28,29)16-9-10-19(25)17(14-16)22-21(27)18-8-5-11-24(18)20(26)13-15-7-6-12-30-15/h6-7,9-10,12,14,18,25H,3-5,8,11,13H2,1-2H3,(H,22,27). The molecule has 1 fully saturated rings. The number of anilines is 1. The Kier molecular flexibility index (Phi) is 7.34. The zero-order valence-electron chi connectivity index (χ0n) is 17.6. The van der Waals surface area contributed by atoms with E-state index in [4.69, 9.17) is 0 Å². The monoisotopic (exact) mass is 465 g/mol. The molecule has 1 aliphatic heterocycles. The van der Waals surface area contributed by atoms with E-state index in [-0.39, 0.29) is 28.7 Å². The van der Waals surface area contributed by atoms with Crippen LogP contribution in [0.4, 0.5) is 5.69 Å². The quantitative estimate of drug-likeness (QED) is 0.583. The lowest BCUT2D eigenvalue weighted by atomic mass is 10.2. The molecule has 0 saturated carbocycles. The molecule has 1 aliphatic rings. The van der Waals surface area contributed by atoms with Gasteiger partial charge in [-0.1, -0.05) is 19.9 Å². The molecule has 2 aromatic rings. The summed E-state index contributed by atoms with van der Waals surface area (Å²) in [6.07, 6.45) is 1.46. The van der Waals surface area contributed by atoms with Crippen molar-refractivity contribution in [2.24, 2.45) is 0 Å². The first-order valence-corrected chi connectivity index (χ1v) is 12.6. The van der Waals surface area contributed by atoms with Gasteiger partial charge in [0.25, 0.3) is 0 Å². The zero-order chi connectivity index (χ0) is 22.6. The van der Waals surface area contributed by atoms with E-state index in [9.17, 15) is 23.1 Å². The van der Waals surface area contributed by atoms with Crippen LogP contribution in [0.5, 0.6) is 5.75 Å². The summed E-state index contributed by atoms with van der Waals surface area (Å²) in [5.41, 5.74) is 0.00999. The summed E-state index contributed by atoms with van der Waals surface area (Å²) in [5, 5.41) is 14.7. The summed E-state index contributed by atoms with van der Waals surface area (Å²) in [6, 6.07) is 6.92. The number of nitrogens with one attached hydrogen (secondary N) is 1. The number of carbonyl (C=O) groups is 2. The second-order valence-corrected chi connectivity index (χ2v) is 10.2. The molecule has 2 amide bonds. The van der Waals surface area contributed by atoms with Gasteiger partial charge >= 0.3 is 0 Å². The fourth-order valence-electron chi connectivity index (χ4n) is 3.71. The lowest BCUT2D eigenvalue weighted by molar-refractivity contribution is -0.136. The van der Waals surface area contributed by atoms with E-state index in [1.54, 1.807) is 18.7 Å². The number of nitrogens with zero attached hydrogens (tertiary/aromatic N) is 2. The van der Waals surface area contributed by atoms with Gasteiger partial charge in [0.15, 0.2) is 0 Å². The van der Waals surface area contributed by atoms with Crippen LogP contribution < -0.4 is 5.32 Å². The average Bonchev–Trinajstić information content (AvgIpc) is 3.42. The molecule has 1 atom stereocenters. The van der Waals surface area contributed by atoms with Crippen molar-refractivity contribution in [2.45, 2.75) is 44.0 Å². The largest absolute Gasteiger partial charge is 0.506 e. The Morgan fingerprint density at radius 2 is 2.00 bits per heavy atom. The van der Waals surface area contributed by atoms with Gasteiger partial charge in [-0.3, -0.25) is 9.59 Å². The predicted molar refractivity (Wildman–Crippen MR) is 120 cm³/mol. The summed E-state index contributed by atoms with van der Waals surface area (Å²) >= 11 is 1.49. The number of likely N-dealkylation sites (tertiary alicyclic amines) is 1. The van der Waals surface area contributed by atoms with Crippen LogP contribution in [0.3, 0.4) is 0 Å². The van der Waals surface area contributed by atoms with Crippen molar-refractivity contribution < 1.29 is 23.1 Å². The summed E-state index contributed by atoms with van der Waals surface area (Å²) < 4.78 is 26.8. The highest BCUT2D eigenvalue weighted by molar-refractivity contribution is 7.89. The van der Waals surface area contributed by atoms with E-state index in [1.165, 1.54) is 33.8 Å². The summed E-state index contributed by atoms with van der Waals surface area (Å²) in [4.78, 5) is 28.1. The van der Waals surface area contributed by atoms with Gasteiger partial charge in [-0.25, -0.2) is 8.42 Å². The van der Waals surface area contributed by atoms with Crippen molar-refractivity contribution >= 4 is 38.9 Å². The number of sulfonamides is 1. The number of phenols is 1. The SMILES string of the molecule is CCN(CC)S(=O)(=O)c1ccc(O)c(NC(=O)C2CCCN2C(=O)Cc2cccs2)c1. The highest BCUT2D eigenvalue weighted by Gasteiger charge is 2.34. The second kappa shape index (κ2) is 9.80. The Balaban J connectivity index is 1.77. The Morgan fingerprint density at radius 3 is 2.65 bits per heavy atom. The van der Waals surface area contributed by atoms with Crippen LogP contribution in [0.15, 0.2) is 40.6 Å². The summed E-state index contributed by atoms with van der Waals surface area (Å²) in [5.74, 6) is -0.798. The van der Waals surface area contributed by atoms with E-state index in [2.05, 4.69) is 5.32 Å². The Bertz CT molecular complexity index is 1030. The molecule has 1 aromatic carbocycles. The first-order valence-electron chi connectivity index (χ1n) is 10.2. The molecule has 0 spiro atoms. The molecule has 0 aliphatic carbocycles. The third-order valence-corrected chi connectivity index (χ3v) is 8.27. The van der Waals surface area contributed by atoms with Crippen molar-refractivity contribution in [2.75, 3.05) is 25.0 Å². The Hall–Kier alpha value is -2.43. The smallest absolute Gasteiger partial charge is 0.247 e. The number of phenolic OH excluding ortho intramolecular Hbond substituents is 1. The van der Waals surface area contributed by atoms with Crippen LogP contribution in [-0.2, 0) is 26.0 Å². The molecule has 3 rings (SSSR count). The van der Waals surface area contributed by atoms with Crippen LogP contribution in [0.25, 0.3) is 0 Å². The number of rotatable bonds is 8. The molecule has 1 unspecified atom stereocenters. The topological polar surface area (TPSA) is 107 Å². The number of amides is 2. The molecular weight excluding hydrogens is 438 g/mol. The first-order chi connectivity index (χ1) is 14.8. The van der Waals surface area contributed by atoms with Gasteiger partial charge in [-0.2, -0.15) is 4.31 Å². The molecular formula is C21H27N3O5S2. The maximum absolute atomic E-state index is 12.9. The molecule has 168 valence electrons. The molecule has 8 nitrogen and oxygen atoms in total. The van der Waals surface area contributed by atoms with Gasteiger partial charge in [-0.05, 0) is 42.5 Å². The molecule has 2 heterocycles. The van der Waals surface area contributed by atoms with Crippen LogP contribution in [0.1, 0.15) is 31.6 Å². The number of benzene rings is 1. The van der Waals surface area contributed by atoms with E-state index < -0.39 is 22.0 Å². The minimum Gasteiger partial charge on any atom is -0.506 e. The minimum atomic E-state index is -3.74. The van der Waals surface area contributed by atoms with Crippen LogP contribution in [0, 0.1) is 0 Å². The summed E-state index contributed by atoms with van der Waals surface area (Å²) in [6.45, 7) is 4.60. The average molecular weight is 466 g/mol. The van der Waals surface area contributed by atoms with Crippen molar-refractivity contribution in [3.63, 3.8) is 0 Å². The molecule has 0 bridgehead atoms. The lowest BCUT2D eigenvalue weighted by Gasteiger charge is -2.24. The van der Waals surface area contributed by atoms with Gasteiger partial charge in [0.05, 0.1) is 17.0 Å². The minimum absolute atomic E-state index is 0.00999. The number of aromatic hydroxyl groups is 1. The lowest BCUT2D eigenvalue weighted by Crippen LogP contribution is -2.43. The highest BCUT2D eigenvalue weighted by atomic mass is 32.2. The number of thiophene rings is 1. The predicted octanol–water partition coefficient (Wildman–Crippen LogP) is 2.66. The fourth-order valence-corrected chi connectivity index (χ4v) is 5.89. The molecule has 0 radical (unpaired) electrons. The highest BCUT2D eigenvalue weighted by Crippen LogP contribution is 2.29.